The number of rotatable bonds is 1. The third-order valence-electron chi connectivity index (χ3n) is 1.28. The quantitative estimate of drug-likeness (QED) is 0.656. The molecule has 0 atom stereocenters. The van der Waals surface area contributed by atoms with Crippen LogP contribution in [0.5, 0.6) is 0 Å². The lowest BCUT2D eigenvalue weighted by molar-refractivity contribution is 0.620. The van der Waals surface area contributed by atoms with Crippen LogP contribution in [0.1, 0.15) is 12.5 Å². The highest BCUT2D eigenvalue weighted by Gasteiger charge is 1.97. The van der Waals surface area contributed by atoms with E-state index in [1.165, 1.54) is 6.07 Å². The van der Waals surface area contributed by atoms with E-state index in [-0.39, 0.29) is 5.82 Å². The number of halogens is 2. The van der Waals surface area contributed by atoms with Crippen LogP contribution >= 0.6 is 15.9 Å². The third-order valence-corrected chi connectivity index (χ3v) is 1.92. The zero-order valence-electron chi connectivity index (χ0n) is 5.57. The normalized spacial score (nSPS) is 9.90. The van der Waals surface area contributed by atoms with Crippen LogP contribution in [-0.2, 0) is 0 Å². The first kappa shape index (κ1) is 7.73. The van der Waals surface area contributed by atoms with E-state index in [9.17, 15) is 4.39 Å². The van der Waals surface area contributed by atoms with Crippen molar-refractivity contribution in [1.82, 2.24) is 0 Å². The minimum atomic E-state index is -0.212. The summed E-state index contributed by atoms with van der Waals surface area (Å²) in [6, 6.07) is 5.04. The minimum Gasteiger partial charge on any atom is -0.206 e. The topological polar surface area (TPSA) is 0 Å². The Morgan fingerprint density at radius 1 is 1.50 bits per heavy atom. The highest BCUT2D eigenvalue weighted by Crippen LogP contribution is 2.16. The van der Waals surface area contributed by atoms with Gasteiger partial charge in [0.25, 0.3) is 0 Å². The predicted molar refractivity (Wildman–Crippen MR) is 43.2 cm³/mol. The molecule has 0 aliphatic rings. The van der Waals surface area contributed by atoms with Crippen LogP contribution in [0.25, 0.3) is 0 Å². The van der Waals surface area contributed by atoms with Gasteiger partial charge in [-0.15, -0.1) is 0 Å². The SMILES string of the molecule is C[CH]c1ccc(Br)c(F)c1. The van der Waals surface area contributed by atoms with E-state index < -0.39 is 0 Å². The minimum absolute atomic E-state index is 0.212. The molecule has 1 radical (unpaired) electrons. The largest absolute Gasteiger partial charge is 0.206 e. The number of hydrogen-bond donors (Lipinski definition) is 0. The smallest absolute Gasteiger partial charge is 0.137 e. The van der Waals surface area contributed by atoms with Gasteiger partial charge in [-0.25, -0.2) is 4.39 Å². The fourth-order valence-corrected chi connectivity index (χ4v) is 0.939. The van der Waals surface area contributed by atoms with Crippen molar-refractivity contribution >= 4 is 15.9 Å². The Kier molecular flexibility index (Phi) is 2.44. The van der Waals surface area contributed by atoms with Crippen molar-refractivity contribution in [3.63, 3.8) is 0 Å². The van der Waals surface area contributed by atoms with Crippen molar-refractivity contribution in [2.24, 2.45) is 0 Å². The fourth-order valence-electron chi connectivity index (χ4n) is 0.692. The van der Waals surface area contributed by atoms with Crippen LogP contribution in [0.2, 0.25) is 0 Å². The van der Waals surface area contributed by atoms with Crippen molar-refractivity contribution in [1.29, 1.82) is 0 Å². The van der Waals surface area contributed by atoms with Crippen LogP contribution in [0.15, 0.2) is 22.7 Å². The summed E-state index contributed by atoms with van der Waals surface area (Å²) in [5, 5.41) is 0. The summed E-state index contributed by atoms with van der Waals surface area (Å²) in [5.74, 6) is -0.212. The van der Waals surface area contributed by atoms with Crippen LogP contribution in [-0.4, -0.2) is 0 Å². The van der Waals surface area contributed by atoms with E-state index >= 15 is 0 Å². The van der Waals surface area contributed by atoms with Crippen molar-refractivity contribution in [2.75, 3.05) is 0 Å². The molecule has 0 unspecified atom stereocenters. The van der Waals surface area contributed by atoms with Crippen LogP contribution in [0, 0.1) is 12.2 Å². The van der Waals surface area contributed by atoms with Gasteiger partial charge in [0.2, 0.25) is 0 Å². The molecule has 0 aliphatic heterocycles. The first-order chi connectivity index (χ1) is 4.74. The van der Waals surface area contributed by atoms with Gasteiger partial charge in [0.1, 0.15) is 5.82 Å². The van der Waals surface area contributed by atoms with Gasteiger partial charge in [0.05, 0.1) is 4.47 Å². The Hall–Kier alpha value is -0.370. The molecule has 0 aliphatic carbocycles. The van der Waals surface area contributed by atoms with Gasteiger partial charge in [0.15, 0.2) is 0 Å². The monoisotopic (exact) mass is 201 g/mol. The lowest BCUT2D eigenvalue weighted by Crippen LogP contribution is -1.80. The molecule has 10 heavy (non-hydrogen) atoms. The molecule has 2 heteroatoms. The Balaban J connectivity index is 3.04. The summed E-state index contributed by atoms with van der Waals surface area (Å²) in [7, 11) is 0. The predicted octanol–water partition coefficient (Wildman–Crippen LogP) is 3.16. The fraction of sp³-hybridized carbons (Fsp3) is 0.125. The molecule has 1 aromatic rings. The van der Waals surface area contributed by atoms with E-state index in [0.29, 0.717) is 4.47 Å². The second-order valence-electron chi connectivity index (χ2n) is 1.96. The van der Waals surface area contributed by atoms with Gasteiger partial charge >= 0.3 is 0 Å². The third kappa shape index (κ3) is 1.57. The summed E-state index contributed by atoms with van der Waals surface area (Å²) in [5.41, 5.74) is 0.903. The van der Waals surface area contributed by atoms with Crippen molar-refractivity contribution in [3.05, 3.63) is 40.5 Å². The van der Waals surface area contributed by atoms with Crippen molar-refractivity contribution in [2.45, 2.75) is 6.92 Å². The molecular weight excluding hydrogens is 195 g/mol. The molecule has 0 N–H and O–H groups in total. The molecule has 0 fully saturated rings. The molecule has 1 aromatic carbocycles. The Labute approximate surface area is 68.2 Å². The average molecular weight is 202 g/mol. The first-order valence-electron chi connectivity index (χ1n) is 2.98. The highest BCUT2D eigenvalue weighted by molar-refractivity contribution is 9.10. The highest BCUT2D eigenvalue weighted by atomic mass is 79.9. The summed E-state index contributed by atoms with van der Waals surface area (Å²) in [6.07, 6.45) is 1.86. The van der Waals surface area contributed by atoms with Crippen LogP contribution < -0.4 is 0 Å². The Morgan fingerprint density at radius 3 is 2.70 bits per heavy atom. The van der Waals surface area contributed by atoms with Crippen LogP contribution in [0.4, 0.5) is 4.39 Å². The summed E-state index contributed by atoms with van der Waals surface area (Å²) in [6.45, 7) is 1.88. The zero-order chi connectivity index (χ0) is 7.56. The second kappa shape index (κ2) is 3.15. The maximum atomic E-state index is 12.7. The van der Waals surface area contributed by atoms with Crippen molar-refractivity contribution < 1.29 is 4.39 Å². The molecule has 0 heterocycles. The summed E-state index contributed by atoms with van der Waals surface area (Å²) >= 11 is 3.07. The van der Waals surface area contributed by atoms with Crippen LogP contribution in [0.3, 0.4) is 0 Å². The standard InChI is InChI=1S/C8H7BrF/c1-2-6-3-4-7(9)8(10)5-6/h2-5H,1H3. The van der Waals surface area contributed by atoms with E-state index in [4.69, 9.17) is 0 Å². The molecule has 0 saturated heterocycles. The van der Waals surface area contributed by atoms with Gasteiger partial charge in [-0.05, 0) is 40.0 Å². The van der Waals surface area contributed by atoms with E-state index in [0.717, 1.165) is 5.56 Å². The molecule has 0 saturated carbocycles. The van der Waals surface area contributed by atoms with E-state index in [2.05, 4.69) is 15.9 Å². The lowest BCUT2D eigenvalue weighted by atomic mass is 10.2. The summed E-state index contributed by atoms with van der Waals surface area (Å²) < 4.78 is 13.2. The maximum absolute atomic E-state index is 12.7. The van der Waals surface area contributed by atoms with Gasteiger partial charge < -0.3 is 0 Å². The molecule has 1 rings (SSSR count). The zero-order valence-corrected chi connectivity index (χ0v) is 7.15. The molecule has 0 aromatic heterocycles. The number of benzene rings is 1. The molecule has 0 bridgehead atoms. The van der Waals surface area contributed by atoms with Gasteiger partial charge in [-0.1, -0.05) is 13.0 Å². The maximum Gasteiger partial charge on any atom is 0.137 e. The molecule has 53 valence electrons. The van der Waals surface area contributed by atoms with E-state index in [1.54, 1.807) is 6.07 Å². The lowest BCUT2D eigenvalue weighted by Gasteiger charge is -1.96. The molecular formula is C8H7BrF. The average Bonchev–Trinajstić information content (AvgIpc) is 1.95. The van der Waals surface area contributed by atoms with E-state index in [1.807, 2.05) is 19.4 Å². The molecule has 0 amide bonds. The molecule has 0 spiro atoms. The Morgan fingerprint density at radius 2 is 2.20 bits per heavy atom. The second-order valence-corrected chi connectivity index (χ2v) is 2.82. The van der Waals surface area contributed by atoms with Gasteiger partial charge in [-0.3, -0.25) is 0 Å². The number of hydrogen-bond acceptors (Lipinski definition) is 0. The van der Waals surface area contributed by atoms with Gasteiger partial charge in [0, 0.05) is 0 Å². The summed E-state index contributed by atoms with van der Waals surface area (Å²) in [4.78, 5) is 0. The first-order valence-corrected chi connectivity index (χ1v) is 3.78. The van der Waals surface area contributed by atoms with Gasteiger partial charge in [-0.2, -0.15) is 0 Å². The molecule has 0 nitrogen and oxygen atoms in total. The Bertz CT molecular complexity index is 233. The van der Waals surface area contributed by atoms with Crippen molar-refractivity contribution in [3.8, 4) is 0 Å².